The Hall–Kier alpha value is -3.75. The molecule has 1 unspecified atom stereocenters. The van der Waals surface area contributed by atoms with E-state index in [2.05, 4.69) is 0 Å². The molecule has 1 aromatic heterocycles. The second-order valence-electron chi connectivity index (χ2n) is 9.96. The van der Waals surface area contributed by atoms with Gasteiger partial charge in [0, 0.05) is 22.9 Å². The molecule has 3 aromatic carbocycles. The summed E-state index contributed by atoms with van der Waals surface area (Å²) in [7, 11) is -3.70. The van der Waals surface area contributed by atoms with Gasteiger partial charge in [-0.25, -0.2) is 18.2 Å². The van der Waals surface area contributed by atoms with Crippen LogP contribution in [-0.4, -0.2) is 41.0 Å². The van der Waals surface area contributed by atoms with Crippen molar-refractivity contribution >= 4 is 33.1 Å². The monoisotopic (exact) mass is 563 g/mol. The van der Waals surface area contributed by atoms with Crippen LogP contribution >= 0.6 is 11.6 Å². The summed E-state index contributed by atoms with van der Waals surface area (Å²) in [5.74, 6) is -1.64. The van der Waals surface area contributed by atoms with E-state index in [1.54, 1.807) is 35.9 Å². The van der Waals surface area contributed by atoms with Crippen LogP contribution in [0.25, 0.3) is 16.8 Å². The highest BCUT2D eigenvalue weighted by atomic mass is 35.5. The van der Waals surface area contributed by atoms with Gasteiger partial charge in [0.15, 0.2) is 9.84 Å². The van der Waals surface area contributed by atoms with E-state index in [0.29, 0.717) is 28.6 Å². The number of carbonyl (C=O) groups is 1. The molecular formula is C30H30ClN3O4S. The number of rotatable bonds is 9. The van der Waals surface area contributed by atoms with Crippen LogP contribution in [0.2, 0.25) is 5.02 Å². The van der Waals surface area contributed by atoms with Gasteiger partial charge in [0.1, 0.15) is 11.5 Å². The Morgan fingerprint density at radius 1 is 1.05 bits per heavy atom. The van der Waals surface area contributed by atoms with Crippen molar-refractivity contribution in [1.82, 2.24) is 9.55 Å². The van der Waals surface area contributed by atoms with Crippen LogP contribution in [0.15, 0.2) is 83.9 Å². The van der Waals surface area contributed by atoms with Gasteiger partial charge in [-0.1, -0.05) is 73.1 Å². The molecule has 0 aliphatic heterocycles. The number of benzene rings is 3. The van der Waals surface area contributed by atoms with Crippen molar-refractivity contribution in [3.8, 4) is 16.8 Å². The molecule has 0 fully saturated rings. The Morgan fingerprint density at radius 3 is 2.28 bits per heavy atom. The lowest BCUT2D eigenvalue weighted by atomic mass is 9.83. The van der Waals surface area contributed by atoms with Crippen molar-refractivity contribution in [2.75, 3.05) is 6.26 Å². The van der Waals surface area contributed by atoms with Crippen LogP contribution < -0.4 is 0 Å². The van der Waals surface area contributed by atoms with Crippen LogP contribution in [-0.2, 0) is 20.0 Å². The van der Waals surface area contributed by atoms with E-state index in [0.717, 1.165) is 22.9 Å². The molecule has 0 saturated heterocycles. The molecule has 4 rings (SSSR count). The summed E-state index contributed by atoms with van der Waals surface area (Å²) in [4.78, 5) is 16.7. The topological polar surface area (TPSA) is 113 Å². The second kappa shape index (κ2) is 10.8. The van der Waals surface area contributed by atoms with Crippen molar-refractivity contribution < 1.29 is 18.3 Å². The molecule has 0 amide bonds. The van der Waals surface area contributed by atoms with Crippen molar-refractivity contribution in [1.29, 1.82) is 5.41 Å². The molecule has 0 bridgehead atoms. The van der Waals surface area contributed by atoms with E-state index in [9.17, 15) is 18.3 Å². The fourth-order valence-electron chi connectivity index (χ4n) is 4.81. The average molecular weight is 564 g/mol. The summed E-state index contributed by atoms with van der Waals surface area (Å²) in [5, 5.41) is 18.2. The number of hydrogen-bond acceptors (Lipinski definition) is 5. The third-order valence-electron chi connectivity index (χ3n) is 6.90. The number of nitrogens with zero attached hydrogens (tertiary/aromatic N) is 2. The van der Waals surface area contributed by atoms with Crippen molar-refractivity contribution in [2.24, 2.45) is 0 Å². The van der Waals surface area contributed by atoms with Gasteiger partial charge < -0.3 is 9.67 Å². The van der Waals surface area contributed by atoms with Gasteiger partial charge >= 0.3 is 5.97 Å². The molecule has 0 saturated carbocycles. The van der Waals surface area contributed by atoms with E-state index in [1.165, 1.54) is 0 Å². The number of carboxylic acids is 1. The fourth-order valence-corrected chi connectivity index (χ4v) is 6.07. The predicted molar refractivity (Wildman–Crippen MR) is 154 cm³/mol. The third kappa shape index (κ3) is 5.53. The average Bonchev–Trinajstić information content (AvgIpc) is 3.34. The zero-order valence-electron chi connectivity index (χ0n) is 22.1. The van der Waals surface area contributed by atoms with Gasteiger partial charge in [0.05, 0.1) is 22.2 Å². The van der Waals surface area contributed by atoms with Crippen molar-refractivity contribution in [3.05, 3.63) is 101 Å². The number of imidazole rings is 1. The minimum absolute atomic E-state index is 0.102. The first-order chi connectivity index (χ1) is 18.4. The number of halogens is 1. The minimum atomic E-state index is -3.70. The SMILES string of the molecule is CCC(C(=N)C(=O)O)c1cn(-c2ccc(-c3ccccc3)cc2S(C)(=O)=O)c(C(C)(C)c2ccccc2Cl)n1. The molecule has 0 spiro atoms. The maximum Gasteiger partial charge on any atom is 0.350 e. The molecule has 202 valence electrons. The lowest BCUT2D eigenvalue weighted by Crippen LogP contribution is -2.25. The molecule has 7 nitrogen and oxygen atoms in total. The Bertz CT molecular complexity index is 1660. The van der Waals surface area contributed by atoms with E-state index >= 15 is 0 Å². The minimum Gasteiger partial charge on any atom is -0.477 e. The lowest BCUT2D eigenvalue weighted by molar-refractivity contribution is -0.129. The summed E-state index contributed by atoms with van der Waals surface area (Å²) in [6.07, 6.45) is 3.14. The van der Waals surface area contributed by atoms with Crippen LogP contribution in [0.4, 0.5) is 0 Å². The number of nitrogens with one attached hydrogen (secondary N) is 1. The van der Waals surface area contributed by atoms with Gasteiger partial charge in [-0.2, -0.15) is 0 Å². The van der Waals surface area contributed by atoms with Crippen molar-refractivity contribution in [2.45, 2.75) is 43.4 Å². The molecule has 9 heteroatoms. The van der Waals surface area contributed by atoms with Gasteiger partial charge in [0.2, 0.25) is 0 Å². The highest BCUT2D eigenvalue weighted by Gasteiger charge is 2.34. The summed E-state index contributed by atoms with van der Waals surface area (Å²) in [6.45, 7) is 5.65. The van der Waals surface area contributed by atoms with E-state index in [1.807, 2.05) is 68.4 Å². The zero-order chi connectivity index (χ0) is 28.5. The molecule has 0 aliphatic carbocycles. The largest absolute Gasteiger partial charge is 0.477 e. The van der Waals surface area contributed by atoms with Crippen LogP contribution in [0.5, 0.6) is 0 Å². The smallest absolute Gasteiger partial charge is 0.350 e. The van der Waals surface area contributed by atoms with Gasteiger partial charge in [-0.05, 0) is 55.2 Å². The first-order valence-electron chi connectivity index (χ1n) is 12.4. The van der Waals surface area contributed by atoms with E-state index in [-0.39, 0.29) is 4.90 Å². The summed E-state index contributed by atoms with van der Waals surface area (Å²) >= 11 is 6.59. The standard InChI is InChI=1S/C30H30ClN3O4S/c1-5-21(27(32)28(35)36)24-18-34(29(33-24)30(2,3)22-13-9-10-14-23(22)31)25-16-15-20(17-26(25)39(4,37)38)19-11-7-6-8-12-19/h6-18,21,32H,5H2,1-4H3,(H,35,36). The Kier molecular flexibility index (Phi) is 7.82. The molecule has 0 aliphatic rings. The maximum absolute atomic E-state index is 13.1. The molecule has 39 heavy (non-hydrogen) atoms. The van der Waals surface area contributed by atoms with Crippen molar-refractivity contribution in [3.63, 3.8) is 0 Å². The van der Waals surface area contributed by atoms with Crippen LogP contribution in [0.3, 0.4) is 0 Å². The highest BCUT2D eigenvalue weighted by Crippen LogP contribution is 2.39. The zero-order valence-corrected chi connectivity index (χ0v) is 23.7. The quantitative estimate of drug-likeness (QED) is 0.225. The number of sulfone groups is 1. The molecule has 1 heterocycles. The number of aliphatic carboxylic acids is 1. The first kappa shape index (κ1) is 28.3. The fraction of sp³-hybridized carbons (Fsp3) is 0.233. The van der Waals surface area contributed by atoms with Crippen LogP contribution in [0.1, 0.15) is 50.2 Å². The second-order valence-corrected chi connectivity index (χ2v) is 12.4. The normalized spacial score (nSPS) is 12.7. The summed E-state index contributed by atoms with van der Waals surface area (Å²) in [6, 6.07) is 22.1. The molecule has 4 aromatic rings. The Balaban J connectivity index is 2.03. The number of hydrogen-bond donors (Lipinski definition) is 2. The highest BCUT2D eigenvalue weighted by molar-refractivity contribution is 7.90. The predicted octanol–water partition coefficient (Wildman–Crippen LogP) is 6.52. The summed E-state index contributed by atoms with van der Waals surface area (Å²) in [5.41, 5.74) is 1.84. The number of carboxylic acid groups (broad SMARTS) is 1. The number of aromatic nitrogens is 2. The van der Waals surface area contributed by atoms with Crippen LogP contribution in [0, 0.1) is 5.41 Å². The Morgan fingerprint density at radius 2 is 1.69 bits per heavy atom. The van der Waals surface area contributed by atoms with E-state index in [4.69, 9.17) is 22.0 Å². The first-order valence-corrected chi connectivity index (χ1v) is 14.7. The molecular weight excluding hydrogens is 534 g/mol. The molecule has 2 N–H and O–H groups in total. The van der Waals surface area contributed by atoms with Gasteiger partial charge in [-0.3, -0.25) is 5.41 Å². The Labute approximate surface area is 233 Å². The summed E-state index contributed by atoms with van der Waals surface area (Å²) < 4.78 is 27.9. The molecule has 0 radical (unpaired) electrons. The van der Waals surface area contributed by atoms with Gasteiger partial charge in [0.25, 0.3) is 0 Å². The molecule has 1 atom stereocenters. The third-order valence-corrected chi connectivity index (χ3v) is 8.36. The van der Waals surface area contributed by atoms with E-state index < -0.39 is 32.9 Å². The maximum atomic E-state index is 13.1. The van der Waals surface area contributed by atoms with Gasteiger partial charge in [-0.15, -0.1) is 0 Å². The lowest BCUT2D eigenvalue weighted by Gasteiger charge is -2.27.